The second-order valence-corrected chi connectivity index (χ2v) is 9.79. The number of rotatable bonds is 7. The zero-order chi connectivity index (χ0) is 22.6. The van der Waals surface area contributed by atoms with Crippen molar-refractivity contribution in [1.82, 2.24) is 5.32 Å². The van der Waals surface area contributed by atoms with Gasteiger partial charge in [-0.1, -0.05) is 78.2 Å². The largest absolute Gasteiger partial charge is 0.369 e. The van der Waals surface area contributed by atoms with Gasteiger partial charge in [-0.25, -0.2) is 0 Å². The molecule has 3 nitrogen and oxygen atoms in total. The number of hydrogen-bond donors (Lipinski definition) is 1. The summed E-state index contributed by atoms with van der Waals surface area (Å²) in [6.07, 6.45) is 8.35. The standard InChI is InChI=1S/C26H28Cl3NO2/c1-18-2-4-19(5-3-18)17-32-26(21-7-9-22(27)10-8-21)12-13-30-15-25(26)31-16-20-6-11-23(28)24(29)14-20/h2,4-11,14,18,25,30H,3,12-13,15-17H2,1H3. The molecule has 4 rings (SSSR count). The van der Waals surface area contributed by atoms with Gasteiger partial charge in [-0.2, -0.15) is 0 Å². The topological polar surface area (TPSA) is 30.5 Å². The van der Waals surface area contributed by atoms with E-state index in [1.165, 1.54) is 5.57 Å². The van der Waals surface area contributed by atoms with Crippen molar-refractivity contribution in [3.05, 3.63) is 92.5 Å². The zero-order valence-corrected chi connectivity index (χ0v) is 20.4. The van der Waals surface area contributed by atoms with Crippen LogP contribution >= 0.6 is 34.8 Å². The van der Waals surface area contributed by atoms with E-state index in [1.54, 1.807) is 6.07 Å². The SMILES string of the molecule is CC1C=CC(COC2(c3ccc(Cl)cc3)CCNCC2OCc2ccc(Cl)c(Cl)c2)=CC1. The molecule has 6 heteroatoms. The van der Waals surface area contributed by atoms with E-state index in [0.717, 1.165) is 30.5 Å². The van der Waals surface area contributed by atoms with E-state index in [0.29, 0.717) is 40.7 Å². The number of hydrogen-bond acceptors (Lipinski definition) is 3. The second kappa shape index (κ2) is 10.7. The van der Waals surface area contributed by atoms with Gasteiger partial charge in [0.1, 0.15) is 11.7 Å². The highest BCUT2D eigenvalue weighted by Gasteiger charge is 2.44. The van der Waals surface area contributed by atoms with Crippen molar-refractivity contribution >= 4 is 34.8 Å². The molecule has 1 heterocycles. The maximum atomic E-state index is 6.74. The van der Waals surface area contributed by atoms with Gasteiger partial charge in [0, 0.05) is 11.6 Å². The predicted molar refractivity (Wildman–Crippen MR) is 133 cm³/mol. The quantitative estimate of drug-likeness (QED) is 0.453. The first kappa shape index (κ1) is 23.8. The van der Waals surface area contributed by atoms with Crippen molar-refractivity contribution in [2.45, 2.75) is 38.1 Å². The fourth-order valence-electron chi connectivity index (χ4n) is 4.25. The number of benzene rings is 2. The average molecular weight is 493 g/mol. The van der Waals surface area contributed by atoms with Crippen LogP contribution in [-0.4, -0.2) is 25.8 Å². The van der Waals surface area contributed by atoms with Gasteiger partial charge in [0.05, 0.1) is 23.3 Å². The molecular formula is C26H28Cl3NO2. The molecule has 0 radical (unpaired) electrons. The molecule has 1 aliphatic heterocycles. The summed E-state index contributed by atoms with van der Waals surface area (Å²) in [4.78, 5) is 0. The van der Waals surface area contributed by atoms with E-state index in [9.17, 15) is 0 Å². The van der Waals surface area contributed by atoms with E-state index in [2.05, 4.69) is 42.6 Å². The van der Waals surface area contributed by atoms with Crippen molar-refractivity contribution < 1.29 is 9.47 Å². The third-order valence-corrected chi connectivity index (χ3v) is 7.17. The first-order valence-corrected chi connectivity index (χ1v) is 12.1. The predicted octanol–water partition coefficient (Wildman–Crippen LogP) is 6.96. The molecule has 0 aromatic heterocycles. The lowest BCUT2D eigenvalue weighted by atomic mass is 9.82. The lowest BCUT2D eigenvalue weighted by molar-refractivity contribution is -0.164. The van der Waals surface area contributed by atoms with Crippen LogP contribution in [0.25, 0.3) is 0 Å². The Morgan fingerprint density at radius 3 is 2.56 bits per heavy atom. The molecule has 0 saturated carbocycles. The minimum Gasteiger partial charge on any atom is -0.369 e. The molecule has 1 N–H and O–H groups in total. The highest BCUT2D eigenvalue weighted by atomic mass is 35.5. The Labute approximate surface area is 205 Å². The molecule has 170 valence electrons. The Morgan fingerprint density at radius 1 is 1.03 bits per heavy atom. The average Bonchev–Trinajstić information content (AvgIpc) is 2.80. The molecule has 2 aromatic rings. The van der Waals surface area contributed by atoms with E-state index in [4.69, 9.17) is 44.3 Å². The summed E-state index contributed by atoms with van der Waals surface area (Å²) in [5, 5.41) is 5.24. The van der Waals surface area contributed by atoms with Crippen LogP contribution in [0, 0.1) is 5.92 Å². The van der Waals surface area contributed by atoms with Gasteiger partial charge in [-0.3, -0.25) is 0 Å². The minimum atomic E-state index is -0.580. The van der Waals surface area contributed by atoms with Crippen LogP contribution in [0.15, 0.2) is 66.3 Å². The molecule has 1 aliphatic carbocycles. The van der Waals surface area contributed by atoms with Gasteiger partial charge >= 0.3 is 0 Å². The molecule has 0 spiro atoms. The van der Waals surface area contributed by atoms with E-state index in [-0.39, 0.29) is 6.10 Å². The summed E-state index contributed by atoms with van der Waals surface area (Å²) in [6, 6.07) is 13.5. The first-order valence-electron chi connectivity index (χ1n) is 11.0. The van der Waals surface area contributed by atoms with Crippen LogP contribution in [0.4, 0.5) is 0 Å². The lowest BCUT2D eigenvalue weighted by Gasteiger charge is -2.44. The Morgan fingerprint density at radius 2 is 1.84 bits per heavy atom. The minimum absolute atomic E-state index is 0.182. The van der Waals surface area contributed by atoms with Gasteiger partial charge in [-0.05, 0) is 66.3 Å². The first-order chi connectivity index (χ1) is 15.5. The fraction of sp³-hybridized carbons (Fsp3) is 0.385. The van der Waals surface area contributed by atoms with Crippen LogP contribution in [0.1, 0.15) is 30.9 Å². The highest BCUT2D eigenvalue weighted by molar-refractivity contribution is 6.42. The number of allylic oxidation sites excluding steroid dienone is 2. The molecule has 2 aliphatic rings. The van der Waals surface area contributed by atoms with Crippen LogP contribution in [0.2, 0.25) is 15.1 Å². The normalized spacial score (nSPS) is 25.6. The van der Waals surface area contributed by atoms with Gasteiger partial charge in [-0.15, -0.1) is 0 Å². The van der Waals surface area contributed by atoms with E-state index in [1.807, 2.05) is 24.3 Å². The van der Waals surface area contributed by atoms with Crippen molar-refractivity contribution in [3.8, 4) is 0 Å². The summed E-state index contributed by atoms with van der Waals surface area (Å²) in [5.41, 5.74) is 2.68. The molecule has 0 bridgehead atoms. The fourth-order valence-corrected chi connectivity index (χ4v) is 4.70. The zero-order valence-electron chi connectivity index (χ0n) is 18.1. The summed E-state index contributed by atoms with van der Waals surface area (Å²) in [6.45, 7) is 4.72. The number of nitrogens with one attached hydrogen (secondary N) is 1. The molecule has 0 amide bonds. The second-order valence-electron chi connectivity index (χ2n) is 8.54. The van der Waals surface area contributed by atoms with E-state index < -0.39 is 5.60 Å². The summed E-state index contributed by atoms with van der Waals surface area (Å²) in [5.74, 6) is 0.574. The third-order valence-electron chi connectivity index (χ3n) is 6.18. The summed E-state index contributed by atoms with van der Waals surface area (Å²) in [7, 11) is 0. The van der Waals surface area contributed by atoms with Crippen molar-refractivity contribution in [2.24, 2.45) is 5.92 Å². The Kier molecular flexibility index (Phi) is 7.99. The molecule has 1 fully saturated rings. The molecule has 32 heavy (non-hydrogen) atoms. The van der Waals surface area contributed by atoms with E-state index >= 15 is 0 Å². The monoisotopic (exact) mass is 491 g/mol. The lowest BCUT2D eigenvalue weighted by Crippen LogP contribution is -2.54. The van der Waals surface area contributed by atoms with Crippen LogP contribution in [0.3, 0.4) is 0 Å². The molecule has 3 atom stereocenters. The Balaban J connectivity index is 1.58. The van der Waals surface area contributed by atoms with Crippen molar-refractivity contribution in [2.75, 3.05) is 19.7 Å². The van der Waals surface area contributed by atoms with Gasteiger partial charge in [0.2, 0.25) is 0 Å². The summed E-state index contributed by atoms with van der Waals surface area (Å²) >= 11 is 18.5. The van der Waals surface area contributed by atoms with Gasteiger partial charge in [0.25, 0.3) is 0 Å². The smallest absolute Gasteiger partial charge is 0.122 e. The molecule has 1 saturated heterocycles. The third kappa shape index (κ3) is 5.59. The molecule has 2 aromatic carbocycles. The number of piperidine rings is 1. The Hall–Kier alpha value is -1.33. The highest BCUT2D eigenvalue weighted by Crippen LogP contribution is 2.38. The Bertz CT molecular complexity index is 989. The molecule has 3 unspecified atom stereocenters. The van der Waals surface area contributed by atoms with Crippen LogP contribution < -0.4 is 5.32 Å². The van der Waals surface area contributed by atoms with Crippen LogP contribution in [0.5, 0.6) is 0 Å². The van der Waals surface area contributed by atoms with Crippen LogP contribution in [-0.2, 0) is 21.7 Å². The maximum absolute atomic E-state index is 6.74. The van der Waals surface area contributed by atoms with Gasteiger partial charge in [0.15, 0.2) is 0 Å². The van der Waals surface area contributed by atoms with Gasteiger partial charge < -0.3 is 14.8 Å². The van der Waals surface area contributed by atoms with Crippen molar-refractivity contribution in [1.29, 1.82) is 0 Å². The number of ether oxygens (including phenoxy) is 2. The number of halogens is 3. The molecular weight excluding hydrogens is 465 g/mol. The maximum Gasteiger partial charge on any atom is 0.122 e. The summed E-state index contributed by atoms with van der Waals surface area (Å²) < 4.78 is 13.2. The van der Waals surface area contributed by atoms with Crippen molar-refractivity contribution in [3.63, 3.8) is 0 Å².